The van der Waals surface area contributed by atoms with E-state index in [1.165, 1.54) is 24.3 Å². The van der Waals surface area contributed by atoms with Crippen molar-refractivity contribution >= 4 is 35.5 Å². The van der Waals surface area contributed by atoms with Crippen molar-refractivity contribution in [3.8, 4) is 5.75 Å². The van der Waals surface area contributed by atoms with Gasteiger partial charge in [0, 0.05) is 6.42 Å². The van der Waals surface area contributed by atoms with Crippen LogP contribution in [0.5, 0.6) is 5.75 Å². The molecule has 0 aromatic heterocycles. The molecule has 13 N–H and O–H groups in total. The number of unbranched alkanes of at least 4 members (excludes halogenated alkanes) is 1. The number of amides is 5. The average molecular weight is 538 g/mol. The number of hydrogen-bond acceptors (Lipinski definition) is 9. The third kappa shape index (κ3) is 11.7. The summed E-state index contributed by atoms with van der Waals surface area (Å²) in [5.41, 5.74) is 21.8. The predicted octanol–water partition coefficient (Wildman–Crippen LogP) is -3.32. The number of primary amides is 2. The van der Waals surface area contributed by atoms with E-state index in [9.17, 15) is 39.0 Å². The number of carboxylic acids is 1. The van der Waals surface area contributed by atoms with Crippen LogP contribution in [0.1, 0.15) is 37.7 Å². The van der Waals surface area contributed by atoms with Crippen LogP contribution in [0.15, 0.2) is 24.3 Å². The van der Waals surface area contributed by atoms with Crippen LogP contribution in [0.25, 0.3) is 0 Å². The van der Waals surface area contributed by atoms with Crippen LogP contribution in [-0.4, -0.2) is 76.4 Å². The number of carbonyl (C=O) groups excluding carboxylic acids is 5. The summed E-state index contributed by atoms with van der Waals surface area (Å²) < 4.78 is 0. The van der Waals surface area contributed by atoms with Crippen molar-refractivity contribution in [2.24, 2.45) is 22.9 Å². The molecule has 0 heterocycles. The predicted molar refractivity (Wildman–Crippen MR) is 134 cm³/mol. The fourth-order valence-corrected chi connectivity index (χ4v) is 3.37. The maximum atomic E-state index is 13.2. The zero-order valence-electron chi connectivity index (χ0n) is 20.7. The number of phenols is 1. The van der Waals surface area contributed by atoms with Gasteiger partial charge in [-0.25, -0.2) is 4.79 Å². The van der Waals surface area contributed by atoms with Crippen molar-refractivity contribution in [1.29, 1.82) is 0 Å². The van der Waals surface area contributed by atoms with Crippen LogP contribution in [0.2, 0.25) is 0 Å². The molecule has 1 aromatic rings. The number of aromatic hydroxyl groups is 1. The topological polar surface area (TPSA) is 283 Å². The maximum Gasteiger partial charge on any atom is 0.326 e. The molecule has 0 aliphatic carbocycles. The molecule has 1 aromatic carbocycles. The van der Waals surface area contributed by atoms with E-state index in [4.69, 9.17) is 22.9 Å². The van der Waals surface area contributed by atoms with E-state index < -0.39 is 72.5 Å². The van der Waals surface area contributed by atoms with Gasteiger partial charge in [-0.3, -0.25) is 24.0 Å². The quantitative estimate of drug-likeness (QED) is 0.0891. The van der Waals surface area contributed by atoms with Crippen LogP contribution in [0, 0.1) is 0 Å². The molecule has 0 aliphatic heterocycles. The van der Waals surface area contributed by atoms with Gasteiger partial charge in [-0.1, -0.05) is 12.1 Å². The lowest BCUT2D eigenvalue weighted by Gasteiger charge is -2.25. The Hall–Kier alpha value is -4.24. The number of rotatable bonds is 17. The highest BCUT2D eigenvalue weighted by atomic mass is 16.4. The van der Waals surface area contributed by atoms with Crippen molar-refractivity contribution in [2.45, 2.75) is 62.7 Å². The summed E-state index contributed by atoms with van der Waals surface area (Å²) in [7, 11) is 0. The minimum absolute atomic E-state index is 0.0406. The Morgan fingerprint density at radius 2 is 1.29 bits per heavy atom. The van der Waals surface area contributed by atoms with Gasteiger partial charge in [-0.15, -0.1) is 0 Å². The first-order chi connectivity index (χ1) is 17.8. The molecule has 0 fully saturated rings. The Morgan fingerprint density at radius 3 is 1.82 bits per heavy atom. The first kappa shape index (κ1) is 31.8. The molecule has 0 aliphatic rings. The fraction of sp³-hybridized carbons (Fsp3) is 0.478. The van der Waals surface area contributed by atoms with Gasteiger partial charge in [0.15, 0.2) is 0 Å². The first-order valence-corrected chi connectivity index (χ1v) is 11.8. The third-order valence-corrected chi connectivity index (χ3v) is 5.37. The molecule has 0 saturated carbocycles. The molecule has 0 bridgehead atoms. The molecule has 15 heteroatoms. The van der Waals surface area contributed by atoms with Gasteiger partial charge in [0.25, 0.3) is 0 Å². The van der Waals surface area contributed by atoms with Crippen LogP contribution in [0.4, 0.5) is 0 Å². The van der Waals surface area contributed by atoms with Crippen LogP contribution >= 0.6 is 0 Å². The van der Waals surface area contributed by atoms with E-state index in [0.717, 1.165) is 0 Å². The number of nitrogens with two attached hydrogens (primary N) is 4. The molecule has 210 valence electrons. The average Bonchev–Trinajstić information content (AvgIpc) is 2.82. The van der Waals surface area contributed by atoms with Crippen molar-refractivity contribution in [1.82, 2.24) is 16.0 Å². The largest absolute Gasteiger partial charge is 0.508 e. The van der Waals surface area contributed by atoms with Gasteiger partial charge in [0.05, 0.1) is 18.9 Å². The molecule has 4 atom stereocenters. The van der Waals surface area contributed by atoms with Gasteiger partial charge >= 0.3 is 5.97 Å². The summed E-state index contributed by atoms with van der Waals surface area (Å²) in [6.07, 6.45) is -0.204. The Kier molecular flexibility index (Phi) is 13.2. The Balaban J connectivity index is 3.17. The van der Waals surface area contributed by atoms with Crippen molar-refractivity contribution in [3.63, 3.8) is 0 Å². The molecule has 5 amide bonds. The summed E-state index contributed by atoms with van der Waals surface area (Å²) in [5, 5.41) is 26.0. The van der Waals surface area contributed by atoms with Gasteiger partial charge in [0.1, 0.15) is 23.9 Å². The Labute approximate surface area is 218 Å². The second-order valence-corrected chi connectivity index (χ2v) is 8.62. The van der Waals surface area contributed by atoms with Crippen LogP contribution in [-0.2, 0) is 35.2 Å². The SMILES string of the molecule is NCCCCC(NC(=O)C(N)CC(N)=O)C(=O)NC(Cc1ccc(O)cc1)C(=O)NC(CC(N)=O)C(=O)O. The summed E-state index contributed by atoms with van der Waals surface area (Å²) >= 11 is 0. The number of carbonyl (C=O) groups is 6. The highest BCUT2D eigenvalue weighted by molar-refractivity contribution is 5.95. The lowest BCUT2D eigenvalue weighted by molar-refractivity contribution is -0.143. The summed E-state index contributed by atoms with van der Waals surface area (Å²) in [6, 6.07) is 0.209. The molecule has 38 heavy (non-hydrogen) atoms. The number of nitrogens with one attached hydrogen (secondary N) is 3. The Morgan fingerprint density at radius 1 is 0.763 bits per heavy atom. The minimum Gasteiger partial charge on any atom is -0.508 e. The molecular weight excluding hydrogens is 502 g/mol. The van der Waals surface area contributed by atoms with E-state index in [-0.39, 0.29) is 18.6 Å². The summed E-state index contributed by atoms with van der Waals surface area (Å²) in [6.45, 7) is 0.325. The summed E-state index contributed by atoms with van der Waals surface area (Å²) in [4.78, 5) is 72.4. The molecular formula is C23H35N7O8. The zero-order valence-corrected chi connectivity index (χ0v) is 20.7. The zero-order chi connectivity index (χ0) is 28.8. The summed E-state index contributed by atoms with van der Waals surface area (Å²) in [5.74, 6) is -5.87. The highest BCUT2D eigenvalue weighted by Gasteiger charge is 2.31. The standard InChI is InChI=1S/C23H35N7O8/c24-8-2-1-3-15(28-20(34)14(25)10-18(26)32)21(35)29-16(9-12-4-6-13(31)7-5-12)22(36)30-17(23(37)38)11-19(27)33/h4-7,14-17,31H,1-3,8-11,24-25H2,(H2,26,32)(H2,27,33)(H,28,34)(H,29,35)(H,30,36)(H,37,38). The van der Waals surface area contributed by atoms with Crippen LogP contribution in [0.3, 0.4) is 0 Å². The van der Waals surface area contributed by atoms with Gasteiger partial charge in [-0.2, -0.15) is 0 Å². The Bertz CT molecular complexity index is 1000. The monoisotopic (exact) mass is 537 g/mol. The number of carboxylic acid groups (broad SMARTS) is 1. The molecule has 15 nitrogen and oxygen atoms in total. The van der Waals surface area contributed by atoms with E-state index in [1.54, 1.807) is 0 Å². The normalized spacial score (nSPS) is 13.8. The lowest BCUT2D eigenvalue weighted by Crippen LogP contribution is -2.58. The van der Waals surface area contributed by atoms with E-state index in [0.29, 0.717) is 24.9 Å². The van der Waals surface area contributed by atoms with E-state index in [2.05, 4.69) is 16.0 Å². The molecule has 1 rings (SSSR count). The molecule has 0 spiro atoms. The van der Waals surface area contributed by atoms with Crippen molar-refractivity contribution < 1.29 is 39.0 Å². The van der Waals surface area contributed by atoms with Crippen molar-refractivity contribution in [2.75, 3.05) is 6.54 Å². The third-order valence-electron chi connectivity index (χ3n) is 5.37. The molecule has 0 radical (unpaired) electrons. The van der Waals surface area contributed by atoms with E-state index >= 15 is 0 Å². The van der Waals surface area contributed by atoms with Crippen molar-refractivity contribution in [3.05, 3.63) is 29.8 Å². The second-order valence-electron chi connectivity index (χ2n) is 8.62. The minimum atomic E-state index is -1.65. The number of benzene rings is 1. The first-order valence-electron chi connectivity index (χ1n) is 11.8. The number of aliphatic carboxylic acids is 1. The van der Waals surface area contributed by atoms with Gasteiger partial charge < -0.3 is 49.1 Å². The lowest BCUT2D eigenvalue weighted by atomic mass is 10.0. The fourth-order valence-electron chi connectivity index (χ4n) is 3.37. The molecule has 0 saturated heterocycles. The maximum absolute atomic E-state index is 13.2. The highest BCUT2D eigenvalue weighted by Crippen LogP contribution is 2.12. The second kappa shape index (κ2) is 15.8. The van der Waals surface area contributed by atoms with Gasteiger partial charge in [0.2, 0.25) is 29.5 Å². The smallest absolute Gasteiger partial charge is 0.326 e. The number of hydrogen-bond donors (Lipinski definition) is 9. The molecule has 4 unspecified atom stereocenters. The van der Waals surface area contributed by atoms with E-state index in [1.807, 2.05) is 0 Å². The van der Waals surface area contributed by atoms with Crippen LogP contribution < -0.4 is 38.9 Å². The number of phenolic OH excluding ortho intramolecular Hbond substituents is 1. The van der Waals surface area contributed by atoms with Gasteiger partial charge in [-0.05, 0) is 43.5 Å².